The topological polar surface area (TPSA) is 102 Å². The lowest BCUT2D eigenvalue weighted by Crippen LogP contribution is -2.42. The predicted molar refractivity (Wildman–Crippen MR) is 108 cm³/mol. The molecule has 2 aromatic rings. The van der Waals surface area contributed by atoms with Gasteiger partial charge in [-0.2, -0.15) is 0 Å². The highest BCUT2D eigenvalue weighted by atomic mass is 32.2. The Morgan fingerprint density at radius 2 is 2.18 bits per heavy atom. The highest BCUT2D eigenvalue weighted by Gasteiger charge is 2.23. The van der Waals surface area contributed by atoms with Crippen LogP contribution in [-0.4, -0.2) is 46.0 Å². The Balaban J connectivity index is 1.88. The van der Waals surface area contributed by atoms with E-state index in [9.17, 15) is 14.4 Å². The van der Waals surface area contributed by atoms with Crippen molar-refractivity contribution in [1.82, 2.24) is 20.2 Å². The van der Waals surface area contributed by atoms with Crippen LogP contribution in [-0.2, 0) is 16.1 Å². The Hall–Kier alpha value is -2.39. The van der Waals surface area contributed by atoms with Crippen LogP contribution >= 0.6 is 11.8 Å². The van der Waals surface area contributed by atoms with Gasteiger partial charge in [0.15, 0.2) is 5.16 Å². The Kier molecular flexibility index (Phi) is 6.69. The minimum absolute atomic E-state index is 0.0422. The minimum atomic E-state index is -0.605. The fourth-order valence-electron chi connectivity index (χ4n) is 3.02. The molecule has 1 aromatic carbocycles. The van der Waals surface area contributed by atoms with E-state index in [2.05, 4.69) is 15.6 Å². The van der Waals surface area contributed by atoms with Crippen molar-refractivity contribution in [1.29, 1.82) is 0 Å². The first-order valence-electron chi connectivity index (χ1n) is 9.36. The zero-order chi connectivity index (χ0) is 20.1. The number of amides is 3. The van der Waals surface area contributed by atoms with Crippen LogP contribution in [0.3, 0.4) is 0 Å². The van der Waals surface area contributed by atoms with Gasteiger partial charge >= 0.3 is 6.03 Å². The van der Waals surface area contributed by atoms with E-state index < -0.39 is 17.2 Å². The first kappa shape index (κ1) is 20.3. The van der Waals surface area contributed by atoms with Crippen LogP contribution in [0.1, 0.15) is 26.7 Å². The summed E-state index contributed by atoms with van der Waals surface area (Å²) < 4.78 is 7.26. The van der Waals surface area contributed by atoms with Gasteiger partial charge in [0.05, 0.1) is 28.8 Å². The maximum atomic E-state index is 13.0. The number of para-hydroxylation sites is 1. The van der Waals surface area contributed by atoms with Crippen molar-refractivity contribution < 1.29 is 14.3 Å². The van der Waals surface area contributed by atoms with Gasteiger partial charge in [-0.1, -0.05) is 23.9 Å². The van der Waals surface area contributed by atoms with Crippen molar-refractivity contribution in [2.75, 3.05) is 13.2 Å². The van der Waals surface area contributed by atoms with Crippen LogP contribution in [0, 0.1) is 0 Å². The van der Waals surface area contributed by atoms with E-state index in [0.717, 1.165) is 24.6 Å². The molecule has 1 saturated heterocycles. The molecule has 9 heteroatoms. The van der Waals surface area contributed by atoms with E-state index in [1.165, 1.54) is 0 Å². The standard InChI is InChI=1S/C19H24N4O4S/c1-3-20-18(26)22-16(24)12(2)28-19-21-15-9-5-4-8-14(15)17(25)23(19)11-13-7-6-10-27-13/h4-5,8-9,12-13H,3,6-7,10-11H2,1-2H3,(H2,20,22,24,26)/t12-,13+/m0/s1. The fourth-order valence-corrected chi connectivity index (χ4v) is 3.94. The molecule has 3 rings (SSSR count). The average Bonchev–Trinajstić information content (AvgIpc) is 3.18. The van der Waals surface area contributed by atoms with Crippen LogP contribution in [0.2, 0.25) is 0 Å². The molecule has 0 spiro atoms. The van der Waals surface area contributed by atoms with Gasteiger partial charge in [-0.3, -0.25) is 19.5 Å². The molecule has 1 aliphatic rings. The van der Waals surface area contributed by atoms with Gasteiger partial charge in [-0.25, -0.2) is 9.78 Å². The molecule has 3 amide bonds. The fraction of sp³-hybridized carbons (Fsp3) is 0.474. The van der Waals surface area contributed by atoms with Crippen molar-refractivity contribution in [3.63, 3.8) is 0 Å². The highest BCUT2D eigenvalue weighted by Crippen LogP contribution is 2.24. The zero-order valence-electron chi connectivity index (χ0n) is 15.9. The summed E-state index contributed by atoms with van der Waals surface area (Å²) >= 11 is 1.16. The Morgan fingerprint density at radius 1 is 1.39 bits per heavy atom. The summed E-state index contributed by atoms with van der Waals surface area (Å²) in [6.45, 7) is 4.95. The number of aromatic nitrogens is 2. The molecule has 2 heterocycles. The molecule has 0 unspecified atom stereocenters. The van der Waals surface area contributed by atoms with E-state index in [-0.39, 0.29) is 11.7 Å². The van der Waals surface area contributed by atoms with Crippen LogP contribution in [0.5, 0.6) is 0 Å². The summed E-state index contributed by atoms with van der Waals surface area (Å²) in [6, 6.07) is 6.60. The Morgan fingerprint density at radius 3 is 2.89 bits per heavy atom. The number of thioether (sulfide) groups is 1. The second-order valence-corrected chi connectivity index (χ2v) is 7.88. The minimum Gasteiger partial charge on any atom is -0.376 e. The largest absolute Gasteiger partial charge is 0.376 e. The van der Waals surface area contributed by atoms with Crippen molar-refractivity contribution in [2.24, 2.45) is 0 Å². The number of fused-ring (bicyclic) bond motifs is 1. The van der Waals surface area contributed by atoms with Crippen LogP contribution in [0.15, 0.2) is 34.2 Å². The van der Waals surface area contributed by atoms with Gasteiger partial charge in [0.1, 0.15) is 0 Å². The monoisotopic (exact) mass is 404 g/mol. The molecular weight excluding hydrogens is 380 g/mol. The lowest BCUT2D eigenvalue weighted by atomic mass is 10.2. The third kappa shape index (κ3) is 4.71. The van der Waals surface area contributed by atoms with Crippen molar-refractivity contribution in [3.8, 4) is 0 Å². The van der Waals surface area contributed by atoms with Gasteiger partial charge in [0.25, 0.3) is 5.56 Å². The SMILES string of the molecule is CCNC(=O)NC(=O)[C@H](C)Sc1nc2ccccc2c(=O)n1C[C@H]1CCCO1. The van der Waals surface area contributed by atoms with Crippen LogP contribution in [0.25, 0.3) is 10.9 Å². The number of ether oxygens (including phenoxy) is 1. The van der Waals surface area contributed by atoms with Gasteiger partial charge in [-0.15, -0.1) is 0 Å². The van der Waals surface area contributed by atoms with Crippen LogP contribution in [0.4, 0.5) is 4.79 Å². The predicted octanol–water partition coefficient (Wildman–Crippen LogP) is 1.90. The van der Waals surface area contributed by atoms with E-state index >= 15 is 0 Å². The number of hydrogen-bond donors (Lipinski definition) is 2. The number of urea groups is 1. The molecule has 2 N–H and O–H groups in total. The molecule has 0 aliphatic carbocycles. The number of imide groups is 1. The normalized spacial score (nSPS) is 17.4. The molecule has 0 bridgehead atoms. The zero-order valence-corrected chi connectivity index (χ0v) is 16.8. The van der Waals surface area contributed by atoms with Crippen molar-refractivity contribution in [3.05, 3.63) is 34.6 Å². The van der Waals surface area contributed by atoms with Crippen molar-refractivity contribution >= 4 is 34.6 Å². The summed E-state index contributed by atoms with van der Waals surface area (Å²) in [7, 11) is 0. The smallest absolute Gasteiger partial charge is 0.321 e. The molecular formula is C19H24N4O4S. The maximum Gasteiger partial charge on any atom is 0.321 e. The molecule has 0 radical (unpaired) electrons. The third-order valence-corrected chi connectivity index (χ3v) is 5.55. The van der Waals surface area contributed by atoms with Gasteiger partial charge < -0.3 is 10.1 Å². The molecule has 2 atom stereocenters. The first-order valence-corrected chi connectivity index (χ1v) is 10.2. The molecule has 1 aromatic heterocycles. The number of hydrogen-bond acceptors (Lipinski definition) is 6. The lowest BCUT2D eigenvalue weighted by Gasteiger charge is -2.18. The van der Waals surface area contributed by atoms with E-state index in [1.54, 1.807) is 36.6 Å². The van der Waals surface area contributed by atoms with Crippen LogP contribution < -0.4 is 16.2 Å². The van der Waals surface area contributed by atoms with E-state index in [0.29, 0.717) is 35.8 Å². The first-order chi connectivity index (χ1) is 13.5. The second kappa shape index (κ2) is 9.20. The lowest BCUT2D eigenvalue weighted by molar-refractivity contribution is -0.119. The Labute approximate surface area is 167 Å². The average molecular weight is 404 g/mol. The quantitative estimate of drug-likeness (QED) is 0.563. The summed E-state index contributed by atoms with van der Waals surface area (Å²) in [4.78, 5) is 41.5. The molecule has 150 valence electrons. The van der Waals surface area contributed by atoms with E-state index in [1.807, 2.05) is 6.07 Å². The molecule has 1 aliphatic heterocycles. The molecule has 28 heavy (non-hydrogen) atoms. The van der Waals surface area contributed by atoms with Gasteiger partial charge in [-0.05, 0) is 38.8 Å². The maximum absolute atomic E-state index is 13.0. The number of benzene rings is 1. The number of carbonyl (C=O) groups is 2. The number of nitrogens with zero attached hydrogens (tertiary/aromatic N) is 2. The Bertz CT molecular complexity index is 924. The number of carbonyl (C=O) groups excluding carboxylic acids is 2. The summed E-state index contributed by atoms with van der Waals surface area (Å²) in [6.07, 6.45) is 1.81. The van der Waals surface area contributed by atoms with Gasteiger partial charge in [0.2, 0.25) is 5.91 Å². The summed E-state index contributed by atoms with van der Waals surface area (Å²) in [5.74, 6) is -0.443. The molecule has 8 nitrogen and oxygen atoms in total. The summed E-state index contributed by atoms with van der Waals surface area (Å²) in [5, 5.41) is 5.19. The van der Waals surface area contributed by atoms with E-state index in [4.69, 9.17) is 4.74 Å². The number of nitrogens with one attached hydrogen (secondary N) is 2. The molecule has 1 fully saturated rings. The highest BCUT2D eigenvalue weighted by molar-refractivity contribution is 8.00. The summed E-state index contributed by atoms with van der Waals surface area (Å²) in [5.41, 5.74) is 0.426. The third-order valence-electron chi connectivity index (χ3n) is 4.46. The molecule has 0 saturated carbocycles. The van der Waals surface area contributed by atoms with Gasteiger partial charge in [0, 0.05) is 13.2 Å². The second-order valence-electron chi connectivity index (χ2n) is 6.57. The van der Waals surface area contributed by atoms with Crippen molar-refractivity contribution in [2.45, 2.75) is 49.7 Å². The number of rotatable bonds is 6.